The third kappa shape index (κ3) is 3.68. The van der Waals surface area contributed by atoms with Gasteiger partial charge in [0.15, 0.2) is 5.82 Å². The fourth-order valence-corrected chi connectivity index (χ4v) is 2.08. The van der Waals surface area contributed by atoms with Gasteiger partial charge in [0.05, 0.1) is 0 Å². The normalized spacial score (nSPS) is 12.2. The lowest BCUT2D eigenvalue weighted by atomic mass is 10.1. The topological polar surface area (TPSA) is 72.9 Å². The number of hydrogen-bond acceptors (Lipinski definition) is 3. The number of aromatic nitrogens is 2. The highest BCUT2D eigenvalue weighted by Gasteiger charge is 2.08. The number of carbonyl (C=O) groups is 1. The summed E-state index contributed by atoms with van der Waals surface area (Å²) in [4.78, 5) is 14.9. The molecule has 1 amide bonds. The van der Waals surface area contributed by atoms with Crippen LogP contribution in [0.15, 0.2) is 36.5 Å². The maximum atomic E-state index is 11.1. The summed E-state index contributed by atoms with van der Waals surface area (Å²) in [5.41, 5.74) is 6.49. The molecule has 0 aliphatic heterocycles. The van der Waals surface area contributed by atoms with Crippen LogP contribution in [0.4, 0.5) is 0 Å². The van der Waals surface area contributed by atoms with Crippen LogP contribution >= 0.6 is 0 Å². The molecule has 1 radical (unpaired) electrons. The molecule has 0 aliphatic carbocycles. The second-order valence-electron chi connectivity index (χ2n) is 4.69. The van der Waals surface area contributed by atoms with Crippen molar-refractivity contribution in [3.8, 4) is 0 Å². The SMILES string of the molecule is C[C@@H](NCCCn1c[c]nc1C(N)=O)c1ccccc1. The van der Waals surface area contributed by atoms with E-state index in [1.165, 1.54) is 5.56 Å². The summed E-state index contributed by atoms with van der Waals surface area (Å²) < 4.78 is 1.73. The van der Waals surface area contributed by atoms with Crippen molar-refractivity contribution >= 4 is 5.91 Å². The van der Waals surface area contributed by atoms with Crippen LogP contribution in [0, 0.1) is 6.20 Å². The van der Waals surface area contributed by atoms with Crippen molar-refractivity contribution in [2.45, 2.75) is 25.9 Å². The van der Waals surface area contributed by atoms with Crippen LogP contribution in [-0.2, 0) is 6.54 Å². The van der Waals surface area contributed by atoms with Crippen molar-refractivity contribution in [1.82, 2.24) is 14.9 Å². The van der Waals surface area contributed by atoms with Crippen LogP contribution in [-0.4, -0.2) is 22.0 Å². The van der Waals surface area contributed by atoms with Crippen molar-refractivity contribution in [1.29, 1.82) is 0 Å². The van der Waals surface area contributed by atoms with E-state index < -0.39 is 5.91 Å². The van der Waals surface area contributed by atoms with Crippen LogP contribution in [0.2, 0.25) is 0 Å². The average Bonchev–Trinajstić information content (AvgIpc) is 2.93. The molecule has 1 aromatic carbocycles. The van der Waals surface area contributed by atoms with Gasteiger partial charge in [-0.2, -0.15) is 0 Å². The molecule has 5 nitrogen and oxygen atoms in total. The Hall–Kier alpha value is -2.14. The molecule has 20 heavy (non-hydrogen) atoms. The largest absolute Gasteiger partial charge is 0.363 e. The van der Waals surface area contributed by atoms with Gasteiger partial charge in [0, 0.05) is 18.8 Å². The Kier molecular flexibility index (Phi) is 4.90. The molecule has 2 rings (SSSR count). The van der Waals surface area contributed by atoms with E-state index in [1.807, 2.05) is 18.2 Å². The highest BCUT2D eigenvalue weighted by atomic mass is 16.1. The summed E-state index contributed by atoms with van der Waals surface area (Å²) in [5, 5.41) is 3.45. The number of nitrogens with two attached hydrogens (primary N) is 1. The highest BCUT2D eigenvalue weighted by Crippen LogP contribution is 2.10. The maximum Gasteiger partial charge on any atom is 0.284 e. The van der Waals surface area contributed by atoms with E-state index in [9.17, 15) is 4.79 Å². The zero-order valence-corrected chi connectivity index (χ0v) is 11.5. The van der Waals surface area contributed by atoms with Crippen molar-refractivity contribution in [2.24, 2.45) is 5.73 Å². The van der Waals surface area contributed by atoms with Gasteiger partial charge in [-0.15, -0.1) is 0 Å². The highest BCUT2D eigenvalue weighted by molar-refractivity contribution is 5.89. The first-order chi connectivity index (χ1) is 9.68. The van der Waals surface area contributed by atoms with Gasteiger partial charge in [0.1, 0.15) is 6.20 Å². The number of carbonyl (C=O) groups excluding carboxylic acids is 1. The maximum absolute atomic E-state index is 11.1. The standard InChI is InChI=1S/C15H19N4O/c1-12(13-6-3-2-4-7-13)17-8-5-10-19-11-9-18-15(19)14(16)20/h2-4,6-7,11-12,17H,5,8,10H2,1H3,(H2,16,20)/t12-/m1/s1. The minimum absolute atomic E-state index is 0.265. The van der Waals surface area contributed by atoms with Gasteiger partial charge in [-0.3, -0.25) is 4.79 Å². The van der Waals surface area contributed by atoms with E-state index >= 15 is 0 Å². The van der Waals surface area contributed by atoms with Crippen LogP contribution in [0.3, 0.4) is 0 Å². The number of amides is 1. The molecular formula is C15H19N4O. The molecular weight excluding hydrogens is 252 g/mol. The van der Waals surface area contributed by atoms with Crippen molar-refractivity contribution in [3.05, 3.63) is 54.1 Å². The molecule has 0 spiro atoms. The van der Waals surface area contributed by atoms with Crippen molar-refractivity contribution in [2.75, 3.05) is 6.54 Å². The first kappa shape index (κ1) is 14.3. The molecule has 5 heteroatoms. The number of nitrogens with one attached hydrogen (secondary N) is 1. The van der Waals surface area contributed by atoms with Crippen LogP contribution < -0.4 is 11.1 Å². The molecule has 1 atom stereocenters. The number of rotatable bonds is 7. The minimum Gasteiger partial charge on any atom is -0.363 e. The molecule has 3 N–H and O–H groups in total. The van der Waals surface area contributed by atoms with Gasteiger partial charge in [-0.1, -0.05) is 30.3 Å². The van der Waals surface area contributed by atoms with E-state index in [1.54, 1.807) is 10.8 Å². The zero-order valence-electron chi connectivity index (χ0n) is 11.5. The molecule has 2 aromatic rings. The van der Waals surface area contributed by atoms with Gasteiger partial charge in [-0.25, -0.2) is 4.98 Å². The average molecular weight is 271 g/mol. The molecule has 0 saturated carbocycles. The first-order valence-electron chi connectivity index (χ1n) is 6.70. The number of primary amides is 1. The van der Waals surface area contributed by atoms with E-state index in [4.69, 9.17) is 5.73 Å². The summed E-state index contributed by atoms with van der Waals surface area (Å²) >= 11 is 0. The van der Waals surface area contributed by atoms with Crippen LogP contribution in [0.1, 0.15) is 35.6 Å². The molecule has 105 valence electrons. The first-order valence-corrected chi connectivity index (χ1v) is 6.70. The Morgan fingerprint density at radius 2 is 2.20 bits per heavy atom. The van der Waals surface area contributed by atoms with E-state index in [0.717, 1.165) is 13.0 Å². The summed E-state index contributed by atoms with van der Waals surface area (Å²) in [7, 11) is 0. The van der Waals surface area contributed by atoms with Gasteiger partial charge in [-0.05, 0) is 25.5 Å². The zero-order chi connectivity index (χ0) is 14.4. The number of nitrogens with zero attached hydrogens (tertiary/aromatic N) is 2. The predicted molar refractivity (Wildman–Crippen MR) is 77.1 cm³/mol. The van der Waals surface area contributed by atoms with E-state index in [2.05, 4.69) is 35.6 Å². The second kappa shape index (κ2) is 6.86. The van der Waals surface area contributed by atoms with Crippen molar-refractivity contribution < 1.29 is 4.79 Å². The molecule has 1 heterocycles. The van der Waals surface area contributed by atoms with Crippen LogP contribution in [0.25, 0.3) is 0 Å². The quantitative estimate of drug-likeness (QED) is 0.750. The van der Waals surface area contributed by atoms with E-state index in [-0.39, 0.29) is 5.82 Å². The molecule has 0 fully saturated rings. The summed E-state index contributed by atoms with van der Waals surface area (Å²) in [6.07, 6.45) is 5.19. The summed E-state index contributed by atoms with van der Waals surface area (Å²) in [6, 6.07) is 10.6. The van der Waals surface area contributed by atoms with E-state index in [0.29, 0.717) is 12.6 Å². The van der Waals surface area contributed by atoms with Gasteiger partial charge in [0.25, 0.3) is 5.91 Å². The fraction of sp³-hybridized carbons (Fsp3) is 0.333. The lowest BCUT2D eigenvalue weighted by Gasteiger charge is -2.14. The van der Waals surface area contributed by atoms with Gasteiger partial charge >= 0.3 is 0 Å². The Labute approximate surface area is 118 Å². The Bertz CT molecular complexity index is 550. The van der Waals surface area contributed by atoms with Gasteiger partial charge < -0.3 is 15.6 Å². The number of hydrogen-bond donors (Lipinski definition) is 2. The molecule has 0 bridgehead atoms. The summed E-state index contributed by atoms with van der Waals surface area (Å²) in [5.74, 6) is -0.252. The smallest absolute Gasteiger partial charge is 0.284 e. The lowest BCUT2D eigenvalue weighted by molar-refractivity contribution is 0.0986. The monoisotopic (exact) mass is 271 g/mol. The Morgan fingerprint density at radius 1 is 1.45 bits per heavy atom. The Morgan fingerprint density at radius 3 is 2.90 bits per heavy atom. The lowest BCUT2D eigenvalue weighted by Crippen LogP contribution is -2.22. The van der Waals surface area contributed by atoms with Crippen LogP contribution in [0.5, 0.6) is 0 Å². The van der Waals surface area contributed by atoms with Crippen molar-refractivity contribution in [3.63, 3.8) is 0 Å². The number of aryl methyl sites for hydroxylation is 1. The molecule has 1 aromatic heterocycles. The number of benzene rings is 1. The van der Waals surface area contributed by atoms with Gasteiger partial charge in [0.2, 0.25) is 0 Å². The minimum atomic E-state index is -0.517. The third-order valence-electron chi connectivity index (χ3n) is 3.20. The number of imidazole rings is 1. The predicted octanol–water partition coefficient (Wildman–Crippen LogP) is 1.52. The summed E-state index contributed by atoms with van der Waals surface area (Å²) in [6.45, 7) is 3.69. The molecule has 0 saturated heterocycles. The second-order valence-corrected chi connectivity index (χ2v) is 4.69. The molecule has 0 unspecified atom stereocenters. The third-order valence-corrected chi connectivity index (χ3v) is 3.20. The molecule has 0 aliphatic rings. The Balaban J connectivity index is 1.77. The fourth-order valence-electron chi connectivity index (χ4n) is 2.08.